The first-order valence-corrected chi connectivity index (χ1v) is 12.4. The summed E-state index contributed by atoms with van der Waals surface area (Å²) in [6, 6.07) is 14.4. The summed E-state index contributed by atoms with van der Waals surface area (Å²) in [6.45, 7) is 5.59. The predicted molar refractivity (Wildman–Crippen MR) is 132 cm³/mol. The molecule has 5 atom stereocenters. The number of carbonyl (C=O) groups excluding carboxylic acids is 1. The molecule has 0 bridgehead atoms. The highest BCUT2D eigenvalue weighted by Gasteiger charge is 2.42. The number of fused-ring (bicyclic) bond motifs is 3. The number of hydrogen-bond acceptors (Lipinski definition) is 5. The average molecular weight is 466 g/mol. The summed E-state index contributed by atoms with van der Waals surface area (Å²) in [4.78, 5) is 23.6. The first kappa shape index (κ1) is 24.1. The molecule has 34 heavy (non-hydrogen) atoms. The molecule has 1 aliphatic heterocycles. The maximum Gasteiger partial charge on any atom is 0.308 e. The molecule has 1 heterocycles. The van der Waals surface area contributed by atoms with E-state index in [0.717, 1.165) is 36.9 Å². The Labute approximate surface area is 201 Å². The van der Waals surface area contributed by atoms with Crippen molar-refractivity contribution in [3.05, 3.63) is 53.6 Å². The van der Waals surface area contributed by atoms with E-state index in [1.807, 2.05) is 12.1 Å². The number of aryl methyl sites for hydroxylation is 1. The van der Waals surface area contributed by atoms with Gasteiger partial charge in [-0.15, -0.1) is 0 Å². The summed E-state index contributed by atoms with van der Waals surface area (Å²) in [5.41, 5.74) is 3.11. The highest BCUT2D eigenvalue weighted by atomic mass is 16.5. The molecule has 2 aromatic rings. The minimum atomic E-state index is -0.746. The molecule has 0 amide bonds. The standard InChI is InChI=1S/C28H35NO5/c1-17(8-7-11-20-9-5-4-6-10-20)33-22-15-25-27(26(16-22)34-19(3)30)24-14-21(28(31)32)12-13-23(24)18(2)29-25/h4-6,9-10,15-18,21,23-24,29H,7-8,11-14H2,1-3H3,(H,31,32)/t17?,18?,21-,23-,24-/m1/s1. The van der Waals surface area contributed by atoms with Crippen molar-refractivity contribution in [2.75, 3.05) is 5.32 Å². The zero-order valence-corrected chi connectivity index (χ0v) is 20.3. The molecule has 2 aromatic carbocycles. The Morgan fingerprint density at radius 1 is 1.18 bits per heavy atom. The highest BCUT2D eigenvalue weighted by molar-refractivity contribution is 5.74. The first-order valence-electron chi connectivity index (χ1n) is 12.4. The minimum Gasteiger partial charge on any atom is -0.491 e. The molecule has 2 unspecified atom stereocenters. The Bertz CT molecular complexity index is 1020. The molecule has 0 spiro atoms. The number of benzene rings is 2. The molecular formula is C28H35NO5. The summed E-state index contributed by atoms with van der Waals surface area (Å²) < 4.78 is 11.9. The number of anilines is 1. The van der Waals surface area contributed by atoms with E-state index in [4.69, 9.17) is 9.47 Å². The Morgan fingerprint density at radius 2 is 1.94 bits per heavy atom. The molecule has 6 heteroatoms. The number of aliphatic carboxylic acids is 1. The van der Waals surface area contributed by atoms with Crippen LogP contribution in [0.2, 0.25) is 0 Å². The van der Waals surface area contributed by atoms with Crippen LogP contribution in [0.25, 0.3) is 0 Å². The predicted octanol–water partition coefficient (Wildman–Crippen LogP) is 5.80. The largest absolute Gasteiger partial charge is 0.491 e. The Hall–Kier alpha value is -3.02. The van der Waals surface area contributed by atoms with E-state index in [-0.39, 0.29) is 24.0 Å². The second kappa shape index (κ2) is 10.5. The van der Waals surface area contributed by atoms with Crippen molar-refractivity contribution in [2.45, 2.75) is 77.4 Å². The lowest BCUT2D eigenvalue weighted by Crippen LogP contribution is -2.41. The second-order valence-corrected chi connectivity index (χ2v) is 9.83. The smallest absolute Gasteiger partial charge is 0.308 e. The molecular weight excluding hydrogens is 430 g/mol. The van der Waals surface area contributed by atoms with Crippen molar-refractivity contribution >= 4 is 17.6 Å². The molecule has 1 aliphatic carbocycles. The molecule has 2 aliphatic rings. The maximum atomic E-state index is 11.9. The van der Waals surface area contributed by atoms with Crippen molar-refractivity contribution in [3.8, 4) is 11.5 Å². The molecule has 1 saturated carbocycles. The fourth-order valence-corrected chi connectivity index (χ4v) is 5.64. The number of ether oxygens (including phenoxy) is 2. The van der Waals surface area contributed by atoms with Gasteiger partial charge in [0.05, 0.1) is 12.0 Å². The van der Waals surface area contributed by atoms with Gasteiger partial charge in [0.1, 0.15) is 11.5 Å². The molecule has 2 N–H and O–H groups in total. The van der Waals surface area contributed by atoms with Crippen molar-refractivity contribution in [3.63, 3.8) is 0 Å². The minimum absolute atomic E-state index is 0.00627. The van der Waals surface area contributed by atoms with Crippen molar-refractivity contribution in [1.82, 2.24) is 0 Å². The quantitative estimate of drug-likeness (QED) is 0.379. The van der Waals surface area contributed by atoms with Crippen LogP contribution in [0.4, 0.5) is 5.69 Å². The van der Waals surface area contributed by atoms with Crippen LogP contribution in [-0.4, -0.2) is 29.2 Å². The van der Waals surface area contributed by atoms with Crippen LogP contribution >= 0.6 is 0 Å². The second-order valence-electron chi connectivity index (χ2n) is 9.83. The Morgan fingerprint density at radius 3 is 2.65 bits per heavy atom. The number of hydrogen-bond donors (Lipinski definition) is 2. The van der Waals surface area contributed by atoms with E-state index in [2.05, 4.69) is 43.4 Å². The van der Waals surface area contributed by atoms with Crippen LogP contribution in [-0.2, 0) is 16.0 Å². The van der Waals surface area contributed by atoms with Crippen LogP contribution in [0.15, 0.2) is 42.5 Å². The zero-order chi connectivity index (χ0) is 24.2. The SMILES string of the molecule is CC(=O)Oc1cc(OC(C)CCCc2ccccc2)cc2c1[C@@H]1C[C@H](C(=O)O)CC[C@@H]1C(C)N2. The van der Waals surface area contributed by atoms with Gasteiger partial charge >= 0.3 is 11.9 Å². The third kappa shape index (κ3) is 5.54. The van der Waals surface area contributed by atoms with E-state index in [9.17, 15) is 14.7 Å². The monoisotopic (exact) mass is 465 g/mol. The maximum absolute atomic E-state index is 11.9. The van der Waals surface area contributed by atoms with Gasteiger partial charge in [0.25, 0.3) is 0 Å². The van der Waals surface area contributed by atoms with Crippen molar-refractivity contribution in [1.29, 1.82) is 0 Å². The summed E-state index contributed by atoms with van der Waals surface area (Å²) >= 11 is 0. The van der Waals surface area contributed by atoms with Gasteiger partial charge in [0.15, 0.2) is 0 Å². The van der Waals surface area contributed by atoms with Gasteiger partial charge in [0, 0.05) is 36.3 Å². The summed E-state index contributed by atoms with van der Waals surface area (Å²) in [7, 11) is 0. The van der Waals surface area contributed by atoms with E-state index in [1.54, 1.807) is 6.07 Å². The van der Waals surface area contributed by atoms with E-state index < -0.39 is 11.9 Å². The normalized spacial score (nSPS) is 24.2. The lowest BCUT2D eigenvalue weighted by molar-refractivity contribution is -0.143. The molecule has 6 nitrogen and oxygen atoms in total. The molecule has 0 saturated heterocycles. The average Bonchev–Trinajstić information content (AvgIpc) is 2.78. The Balaban J connectivity index is 1.53. The summed E-state index contributed by atoms with van der Waals surface area (Å²) in [5.74, 6) is -0.0255. The number of carboxylic acids is 1. The lowest BCUT2D eigenvalue weighted by atomic mass is 9.66. The van der Waals surface area contributed by atoms with Crippen molar-refractivity contribution in [2.24, 2.45) is 11.8 Å². The summed E-state index contributed by atoms with van der Waals surface area (Å²) in [5, 5.41) is 13.2. The highest BCUT2D eigenvalue weighted by Crippen LogP contribution is 2.52. The molecule has 1 fully saturated rings. The van der Waals surface area contributed by atoms with Gasteiger partial charge in [-0.05, 0) is 69.8 Å². The molecule has 0 aromatic heterocycles. The van der Waals surface area contributed by atoms with Gasteiger partial charge in [-0.2, -0.15) is 0 Å². The fourth-order valence-electron chi connectivity index (χ4n) is 5.64. The lowest BCUT2D eigenvalue weighted by Gasteiger charge is -2.44. The first-order chi connectivity index (χ1) is 16.3. The molecule has 4 rings (SSSR count). The molecule has 0 radical (unpaired) electrons. The van der Waals surface area contributed by atoms with Gasteiger partial charge in [-0.3, -0.25) is 9.59 Å². The van der Waals surface area contributed by atoms with E-state index >= 15 is 0 Å². The fraction of sp³-hybridized carbons (Fsp3) is 0.500. The van der Waals surface area contributed by atoms with Crippen LogP contribution in [0.3, 0.4) is 0 Å². The zero-order valence-electron chi connectivity index (χ0n) is 20.3. The Kier molecular flexibility index (Phi) is 7.44. The number of rotatable bonds is 8. The van der Waals surface area contributed by atoms with Crippen LogP contribution in [0.1, 0.15) is 69.9 Å². The van der Waals surface area contributed by atoms with Gasteiger partial charge in [-0.25, -0.2) is 0 Å². The van der Waals surface area contributed by atoms with Crippen LogP contribution in [0, 0.1) is 11.8 Å². The van der Waals surface area contributed by atoms with Gasteiger partial charge < -0.3 is 19.9 Å². The third-order valence-corrected chi connectivity index (χ3v) is 7.27. The van der Waals surface area contributed by atoms with Crippen LogP contribution < -0.4 is 14.8 Å². The topological polar surface area (TPSA) is 84.9 Å². The third-order valence-electron chi connectivity index (χ3n) is 7.27. The van der Waals surface area contributed by atoms with E-state index in [0.29, 0.717) is 30.3 Å². The summed E-state index contributed by atoms with van der Waals surface area (Å²) in [6.07, 6.45) is 5.01. The number of nitrogens with one attached hydrogen (secondary N) is 1. The molecule has 182 valence electrons. The van der Waals surface area contributed by atoms with Gasteiger partial charge in [-0.1, -0.05) is 30.3 Å². The number of carboxylic acid groups (broad SMARTS) is 1. The van der Waals surface area contributed by atoms with Crippen LogP contribution in [0.5, 0.6) is 11.5 Å². The number of carbonyl (C=O) groups is 2. The van der Waals surface area contributed by atoms with Gasteiger partial charge in [0.2, 0.25) is 0 Å². The number of esters is 1. The van der Waals surface area contributed by atoms with Crippen molar-refractivity contribution < 1.29 is 24.2 Å². The van der Waals surface area contributed by atoms with E-state index in [1.165, 1.54) is 12.5 Å².